The van der Waals surface area contributed by atoms with E-state index in [0.717, 1.165) is 15.4 Å². The third kappa shape index (κ3) is 5.27. The molecule has 5 nitrogen and oxygen atoms in total. The fraction of sp³-hybridized carbons (Fsp3) is 0.208. The Bertz CT molecular complexity index is 1070. The van der Waals surface area contributed by atoms with E-state index < -0.39 is 10.0 Å². The molecule has 0 aliphatic carbocycles. The number of amides is 1. The van der Waals surface area contributed by atoms with Gasteiger partial charge in [0.1, 0.15) is 6.54 Å². The van der Waals surface area contributed by atoms with Crippen molar-refractivity contribution >= 4 is 21.6 Å². The van der Waals surface area contributed by atoms with Gasteiger partial charge in [0, 0.05) is 6.54 Å². The van der Waals surface area contributed by atoms with E-state index in [9.17, 15) is 13.2 Å². The SMILES string of the molecule is Cc1ccc(S(=O)(=O)N(CC(=O)NCC(C)c2ccccc2)c2ccccc2)cc1. The maximum Gasteiger partial charge on any atom is 0.264 e. The molecule has 30 heavy (non-hydrogen) atoms. The van der Waals surface area contributed by atoms with Crippen molar-refractivity contribution in [2.24, 2.45) is 0 Å². The first-order chi connectivity index (χ1) is 14.4. The fourth-order valence-electron chi connectivity index (χ4n) is 3.10. The van der Waals surface area contributed by atoms with Gasteiger partial charge < -0.3 is 5.32 Å². The lowest BCUT2D eigenvalue weighted by molar-refractivity contribution is -0.119. The van der Waals surface area contributed by atoms with Gasteiger partial charge in [0.25, 0.3) is 10.0 Å². The molecule has 1 unspecified atom stereocenters. The molecule has 0 aromatic heterocycles. The van der Waals surface area contributed by atoms with E-state index in [1.165, 1.54) is 0 Å². The third-order valence-electron chi connectivity index (χ3n) is 4.91. The molecule has 0 spiro atoms. The molecule has 3 rings (SSSR count). The lowest BCUT2D eigenvalue weighted by Gasteiger charge is -2.24. The molecular weight excluding hydrogens is 396 g/mol. The first kappa shape index (κ1) is 21.6. The topological polar surface area (TPSA) is 66.5 Å². The van der Waals surface area contributed by atoms with E-state index >= 15 is 0 Å². The summed E-state index contributed by atoms with van der Waals surface area (Å²) in [6, 6.07) is 25.2. The molecule has 0 radical (unpaired) electrons. The minimum absolute atomic E-state index is 0.119. The van der Waals surface area contributed by atoms with Crippen molar-refractivity contribution in [2.45, 2.75) is 24.7 Å². The monoisotopic (exact) mass is 422 g/mol. The van der Waals surface area contributed by atoms with Gasteiger partial charge in [-0.05, 0) is 42.7 Å². The highest BCUT2D eigenvalue weighted by Gasteiger charge is 2.27. The Balaban J connectivity index is 1.78. The first-order valence-corrected chi connectivity index (χ1v) is 11.3. The summed E-state index contributed by atoms with van der Waals surface area (Å²) in [6.07, 6.45) is 0. The summed E-state index contributed by atoms with van der Waals surface area (Å²) in [6.45, 7) is 4.05. The summed E-state index contributed by atoms with van der Waals surface area (Å²) < 4.78 is 27.7. The minimum Gasteiger partial charge on any atom is -0.354 e. The lowest BCUT2D eigenvalue weighted by atomic mass is 10.0. The highest BCUT2D eigenvalue weighted by molar-refractivity contribution is 7.92. The van der Waals surface area contributed by atoms with Gasteiger partial charge in [-0.2, -0.15) is 0 Å². The number of rotatable bonds is 8. The van der Waals surface area contributed by atoms with Crippen LogP contribution in [0.5, 0.6) is 0 Å². The average molecular weight is 423 g/mol. The molecule has 0 fully saturated rings. The van der Waals surface area contributed by atoms with Crippen LogP contribution in [0.3, 0.4) is 0 Å². The van der Waals surface area contributed by atoms with E-state index in [-0.39, 0.29) is 23.3 Å². The molecule has 1 N–H and O–H groups in total. The Morgan fingerprint density at radius 3 is 2.07 bits per heavy atom. The number of anilines is 1. The molecule has 3 aromatic rings. The van der Waals surface area contributed by atoms with Gasteiger partial charge in [0.2, 0.25) is 5.91 Å². The zero-order chi connectivity index (χ0) is 21.6. The molecule has 0 aliphatic heterocycles. The van der Waals surface area contributed by atoms with Gasteiger partial charge in [-0.15, -0.1) is 0 Å². The summed E-state index contributed by atoms with van der Waals surface area (Å²) >= 11 is 0. The van der Waals surface area contributed by atoms with Crippen LogP contribution in [0, 0.1) is 6.92 Å². The number of nitrogens with zero attached hydrogens (tertiary/aromatic N) is 1. The number of nitrogens with one attached hydrogen (secondary N) is 1. The highest BCUT2D eigenvalue weighted by atomic mass is 32.2. The van der Waals surface area contributed by atoms with Crippen molar-refractivity contribution < 1.29 is 13.2 Å². The molecule has 3 aromatic carbocycles. The Labute approximate surface area is 178 Å². The van der Waals surface area contributed by atoms with E-state index in [4.69, 9.17) is 0 Å². The van der Waals surface area contributed by atoms with Crippen molar-refractivity contribution in [3.63, 3.8) is 0 Å². The molecule has 0 bridgehead atoms. The van der Waals surface area contributed by atoms with Gasteiger partial charge in [-0.1, -0.05) is 73.2 Å². The van der Waals surface area contributed by atoms with Gasteiger partial charge >= 0.3 is 0 Å². The van der Waals surface area contributed by atoms with Crippen LogP contribution in [0.25, 0.3) is 0 Å². The summed E-state index contributed by atoms with van der Waals surface area (Å²) in [4.78, 5) is 12.8. The Morgan fingerprint density at radius 1 is 0.900 bits per heavy atom. The summed E-state index contributed by atoms with van der Waals surface area (Å²) in [7, 11) is -3.88. The van der Waals surface area contributed by atoms with Crippen LogP contribution < -0.4 is 9.62 Å². The zero-order valence-corrected chi connectivity index (χ0v) is 18.0. The van der Waals surface area contributed by atoms with Crippen LogP contribution >= 0.6 is 0 Å². The van der Waals surface area contributed by atoms with Crippen molar-refractivity contribution in [2.75, 3.05) is 17.4 Å². The molecule has 156 valence electrons. The molecule has 0 saturated carbocycles. The number of para-hydroxylation sites is 1. The normalized spacial score (nSPS) is 12.2. The van der Waals surface area contributed by atoms with Crippen molar-refractivity contribution in [3.8, 4) is 0 Å². The number of aryl methyl sites for hydroxylation is 1. The van der Waals surface area contributed by atoms with Gasteiger partial charge in [0.15, 0.2) is 0 Å². The lowest BCUT2D eigenvalue weighted by Crippen LogP contribution is -2.41. The van der Waals surface area contributed by atoms with Crippen LogP contribution in [-0.2, 0) is 14.8 Å². The summed E-state index contributed by atoms with van der Waals surface area (Å²) in [5.41, 5.74) is 2.53. The highest BCUT2D eigenvalue weighted by Crippen LogP contribution is 2.23. The Kier molecular flexibility index (Phi) is 6.90. The number of sulfonamides is 1. The van der Waals surface area contributed by atoms with E-state index in [1.807, 2.05) is 50.2 Å². The predicted molar refractivity (Wildman–Crippen MR) is 120 cm³/mol. The van der Waals surface area contributed by atoms with E-state index in [0.29, 0.717) is 12.2 Å². The maximum atomic E-state index is 13.3. The number of carbonyl (C=O) groups excluding carboxylic acids is 1. The van der Waals surface area contributed by atoms with Crippen molar-refractivity contribution in [1.82, 2.24) is 5.32 Å². The van der Waals surface area contributed by atoms with E-state index in [1.54, 1.807) is 48.5 Å². The van der Waals surface area contributed by atoms with Crippen LogP contribution in [0.2, 0.25) is 0 Å². The molecule has 0 heterocycles. The second-order valence-electron chi connectivity index (χ2n) is 7.28. The second kappa shape index (κ2) is 9.59. The number of hydrogen-bond acceptors (Lipinski definition) is 3. The number of benzene rings is 3. The first-order valence-electron chi connectivity index (χ1n) is 9.84. The average Bonchev–Trinajstić information content (AvgIpc) is 2.77. The van der Waals surface area contributed by atoms with Crippen LogP contribution in [-0.4, -0.2) is 27.4 Å². The fourth-order valence-corrected chi connectivity index (χ4v) is 4.52. The molecule has 1 amide bonds. The Hall–Kier alpha value is -3.12. The molecule has 1 atom stereocenters. The summed E-state index contributed by atoms with van der Waals surface area (Å²) in [5.74, 6) is -0.230. The quantitative estimate of drug-likeness (QED) is 0.594. The smallest absolute Gasteiger partial charge is 0.264 e. The van der Waals surface area contributed by atoms with Gasteiger partial charge in [0.05, 0.1) is 10.6 Å². The van der Waals surface area contributed by atoms with Crippen LogP contribution in [0.4, 0.5) is 5.69 Å². The van der Waals surface area contributed by atoms with Crippen LogP contribution in [0.1, 0.15) is 24.0 Å². The summed E-state index contributed by atoms with van der Waals surface area (Å²) in [5, 5.41) is 2.87. The zero-order valence-electron chi connectivity index (χ0n) is 17.2. The molecule has 0 aliphatic rings. The minimum atomic E-state index is -3.88. The number of hydrogen-bond donors (Lipinski definition) is 1. The largest absolute Gasteiger partial charge is 0.354 e. The number of carbonyl (C=O) groups is 1. The second-order valence-corrected chi connectivity index (χ2v) is 9.14. The van der Waals surface area contributed by atoms with Crippen molar-refractivity contribution in [3.05, 3.63) is 96.1 Å². The molecule has 0 saturated heterocycles. The maximum absolute atomic E-state index is 13.3. The predicted octanol–water partition coefficient (Wildman–Crippen LogP) is 4.11. The third-order valence-corrected chi connectivity index (χ3v) is 6.70. The molecule has 6 heteroatoms. The van der Waals surface area contributed by atoms with E-state index in [2.05, 4.69) is 5.32 Å². The Morgan fingerprint density at radius 2 is 1.47 bits per heavy atom. The van der Waals surface area contributed by atoms with Crippen LogP contribution in [0.15, 0.2) is 89.8 Å². The standard InChI is InChI=1S/C24H26N2O3S/c1-19-13-15-23(16-14-19)30(28,29)26(22-11-7-4-8-12-22)18-24(27)25-17-20(2)21-9-5-3-6-10-21/h3-16,20H,17-18H2,1-2H3,(H,25,27). The van der Waals surface area contributed by atoms with Gasteiger partial charge in [-0.3, -0.25) is 9.10 Å². The molecular formula is C24H26N2O3S. The van der Waals surface area contributed by atoms with Crippen molar-refractivity contribution in [1.29, 1.82) is 0 Å². The van der Waals surface area contributed by atoms with Gasteiger partial charge in [-0.25, -0.2) is 8.42 Å².